The second-order valence-electron chi connectivity index (χ2n) is 6.59. The molecule has 6 heteroatoms. The summed E-state index contributed by atoms with van der Waals surface area (Å²) in [7, 11) is 0. The van der Waals surface area contributed by atoms with Gasteiger partial charge in [0, 0.05) is 19.3 Å². The first-order chi connectivity index (χ1) is 9.89. The fourth-order valence-corrected chi connectivity index (χ4v) is 2.46. The van der Waals surface area contributed by atoms with E-state index in [-0.39, 0.29) is 12.1 Å². The van der Waals surface area contributed by atoms with Crippen LogP contribution >= 0.6 is 0 Å². The van der Waals surface area contributed by atoms with Crippen molar-refractivity contribution in [3.05, 3.63) is 18.0 Å². The maximum absolute atomic E-state index is 12.0. The summed E-state index contributed by atoms with van der Waals surface area (Å²) < 4.78 is 7.38. The summed E-state index contributed by atoms with van der Waals surface area (Å²) in [5.74, 6) is 0. The number of nitrogens with two attached hydrogens (primary N) is 1. The summed E-state index contributed by atoms with van der Waals surface area (Å²) in [6, 6.07) is 0.240. The highest BCUT2D eigenvalue weighted by Crippen LogP contribution is 2.23. The Kier molecular flexibility index (Phi) is 4.88. The molecule has 1 aromatic rings. The van der Waals surface area contributed by atoms with Crippen LogP contribution in [0.4, 0.5) is 4.79 Å². The molecule has 1 unspecified atom stereocenters. The first-order valence-corrected chi connectivity index (χ1v) is 7.60. The van der Waals surface area contributed by atoms with Gasteiger partial charge in [-0.25, -0.2) is 4.79 Å². The van der Waals surface area contributed by atoms with Crippen LogP contribution in [-0.4, -0.2) is 46.0 Å². The van der Waals surface area contributed by atoms with Gasteiger partial charge in [-0.05, 0) is 52.1 Å². The standard InChI is InChI=1S/C15H26N4O2/c1-15(2,3)21-14(20)18-8-6-13(11-18)19-10-12(9-17-19)5-4-7-16/h9-10,13H,4-8,11,16H2,1-3H3. The van der Waals surface area contributed by atoms with E-state index in [9.17, 15) is 4.79 Å². The summed E-state index contributed by atoms with van der Waals surface area (Å²) >= 11 is 0. The molecule has 0 aliphatic carbocycles. The van der Waals surface area contributed by atoms with Gasteiger partial charge in [-0.2, -0.15) is 5.10 Å². The third kappa shape index (κ3) is 4.46. The number of aryl methyl sites for hydroxylation is 1. The predicted molar refractivity (Wildman–Crippen MR) is 81.1 cm³/mol. The maximum atomic E-state index is 12.0. The molecule has 0 bridgehead atoms. The van der Waals surface area contributed by atoms with Crippen LogP contribution in [0.5, 0.6) is 0 Å². The van der Waals surface area contributed by atoms with E-state index >= 15 is 0 Å². The van der Waals surface area contributed by atoms with Gasteiger partial charge in [-0.15, -0.1) is 0 Å². The number of hydrogen-bond donors (Lipinski definition) is 1. The van der Waals surface area contributed by atoms with Crippen LogP contribution in [0.1, 0.15) is 45.2 Å². The number of ether oxygens (including phenoxy) is 1. The number of nitrogens with zero attached hydrogens (tertiary/aromatic N) is 3. The molecular formula is C15H26N4O2. The van der Waals surface area contributed by atoms with E-state index in [1.54, 1.807) is 4.90 Å². The van der Waals surface area contributed by atoms with Crippen molar-refractivity contribution < 1.29 is 9.53 Å². The van der Waals surface area contributed by atoms with Crippen LogP contribution < -0.4 is 5.73 Å². The SMILES string of the molecule is CC(C)(C)OC(=O)N1CCC(n2cc(CCCN)cn2)C1. The number of carbonyl (C=O) groups excluding carboxylic acids is 1. The molecule has 1 aliphatic rings. The molecular weight excluding hydrogens is 268 g/mol. The summed E-state index contributed by atoms with van der Waals surface area (Å²) in [6.45, 7) is 7.73. The largest absolute Gasteiger partial charge is 0.444 e. The maximum Gasteiger partial charge on any atom is 0.410 e. The molecule has 0 saturated carbocycles. The number of carbonyl (C=O) groups is 1. The van der Waals surface area contributed by atoms with Gasteiger partial charge in [-0.3, -0.25) is 4.68 Å². The highest BCUT2D eigenvalue weighted by atomic mass is 16.6. The molecule has 1 saturated heterocycles. The number of likely N-dealkylation sites (tertiary alicyclic amines) is 1. The molecule has 2 rings (SSSR count). The monoisotopic (exact) mass is 294 g/mol. The average Bonchev–Trinajstić information content (AvgIpc) is 3.03. The van der Waals surface area contributed by atoms with E-state index in [2.05, 4.69) is 11.3 Å². The lowest BCUT2D eigenvalue weighted by Gasteiger charge is -2.24. The van der Waals surface area contributed by atoms with Crippen molar-refractivity contribution >= 4 is 6.09 Å². The molecule has 1 aromatic heterocycles. The minimum absolute atomic E-state index is 0.236. The highest BCUT2D eigenvalue weighted by molar-refractivity contribution is 5.68. The zero-order valence-corrected chi connectivity index (χ0v) is 13.2. The fraction of sp³-hybridized carbons (Fsp3) is 0.733. The van der Waals surface area contributed by atoms with Crippen molar-refractivity contribution in [1.82, 2.24) is 14.7 Å². The van der Waals surface area contributed by atoms with Crippen LogP contribution in [0.2, 0.25) is 0 Å². The summed E-state index contributed by atoms with van der Waals surface area (Å²) in [4.78, 5) is 13.8. The number of aromatic nitrogens is 2. The van der Waals surface area contributed by atoms with Gasteiger partial charge in [-0.1, -0.05) is 0 Å². The lowest BCUT2D eigenvalue weighted by molar-refractivity contribution is 0.0288. The lowest BCUT2D eigenvalue weighted by Crippen LogP contribution is -2.35. The Labute approximate surface area is 126 Å². The molecule has 0 aromatic carbocycles. The minimum Gasteiger partial charge on any atom is -0.444 e. The zero-order chi connectivity index (χ0) is 15.5. The third-order valence-corrected chi connectivity index (χ3v) is 3.51. The summed E-state index contributed by atoms with van der Waals surface area (Å²) in [5.41, 5.74) is 6.28. The number of rotatable bonds is 4. The Morgan fingerprint density at radius 3 is 2.95 bits per heavy atom. The van der Waals surface area contributed by atoms with E-state index in [1.165, 1.54) is 5.56 Å². The average molecular weight is 294 g/mol. The zero-order valence-electron chi connectivity index (χ0n) is 13.2. The second-order valence-corrected chi connectivity index (χ2v) is 6.59. The van der Waals surface area contributed by atoms with Crippen LogP contribution in [0.3, 0.4) is 0 Å². The third-order valence-electron chi connectivity index (χ3n) is 3.51. The highest BCUT2D eigenvalue weighted by Gasteiger charge is 2.30. The molecule has 118 valence electrons. The molecule has 2 N–H and O–H groups in total. The van der Waals surface area contributed by atoms with Gasteiger partial charge in [0.05, 0.1) is 12.2 Å². The molecule has 1 aliphatic heterocycles. The van der Waals surface area contributed by atoms with Crippen LogP contribution in [0.15, 0.2) is 12.4 Å². The first kappa shape index (κ1) is 15.8. The van der Waals surface area contributed by atoms with E-state index in [0.717, 1.165) is 25.8 Å². The van der Waals surface area contributed by atoms with E-state index in [4.69, 9.17) is 10.5 Å². The molecule has 0 spiro atoms. The Morgan fingerprint density at radius 1 is 1.52 bits per heavy atom. The van der Waals surface area contributed by atoms with Gasteiger partial charge >= 0.3 is 6.09 Å². The van der Waals surface area contributed by atoms with Gasteiger partial charge in [0.2, 0.25) is 0 Å². The summed E-state index contributed by atoms with van der Waals surface area (Å²) in [5, 5.41) is 4.42. The number of amides is 1. The number of hydrogen-bond acceptors (Lipinski definition) is 4. The van der Waals surface area contributed by atoms with Crippen LogP contribution in [-0.2, 0) is 11.2 Å². The van der Waals surface area contributed by atoms with Crippen molar-refractivity contribution in [2.75, 3.05) is 19.6 Å². The Balaban J connectivity index is 1.90. The second kappa shape index (κ2) is 6.47. The fourth-order valence-electron chi connectivity index (χ4n) is 2.46. The molecule has 1 amide bonds. The Morgan fingerprint density at radius 2 is 2.29 bits per heavy atom. The Bertz CT molecular complexity index is 478. The molecule has 0 radical (unpaired) electrons. The smallest absolute Gasteiger partial charge is 0.410 e. The van der Waals surface area contributed by atoms with Gasteiger partial charge < -0.3 is 15.4 Å². The predicted octanol–water partition coefficient (Wildman–Crippen LogP) is 1.96. The van der Waals surface area contributed by atoms with Gasteiger partial charge in [0.1, 0.15) is 5.60 Å². The van der Waals surface area contributed by atoms with E-state index in [0.29, 0.717) is 13.1 Å². The lowest BCUT2D eigenvalue weighted by atomic mass is 10.2. The topological polar surface area (TPSA) is 73.4 Å². The molecule has 21 heavy (non-hydrogen) atoms. The van der Waals surface area contributed by atoms with E-state index < -0.39 is 5.60 Å². The normalized spacial score (nSPS) is 19.0. The molecule has 1 fully saturated rings. The van der Waals surface area contributed by atoms with Crippen molar-refractivity contribution in [3.8, 4) is 0 Å². The van der Waals surface area contributed by atoms with E-state index in [1.807, 2.05) is 31.6 Å². The van der Waals surface area contributed by atoms with Crippen molar-refractivity contribution in [3.63, 3.8) is 0 Å². The molecule has 6 nitrogen and oxygen atoms in total. The van der Waals surface area contributed by atoms with Gasteiger partial charge in [0.25, 0.3) is 0 Å². The minimum atomic E-state index is -0.448. The van der Waals surface area contributed by atoms with Crippen LogP contribution in [0, 0.1) is 0 Å². The summed E-state index contributed by atoms with van der Waals surface area (Å²) in [6.07, 6.45) is 6.57. The first-order valence-electron chi connectivity index (χ1n) is 7.60. The Hall–Kier alpha value is -1.56. The van der Waals surface area contributed by atoms with Crippen molar-refractivity contribution in [2.45, 2.75) is 51.7 Å². The van der Waals surface area contributed by atoms with Gasteiger partial charge in [0.15, 0.2) is 0 Å². The molecule has 1 atom stereocenters. The van der Waals surface area contributed by atoms with Crippen molar-refractivity contribution in [2.24, 2.45) is 5.73 Å². The van der Waals surface area contributed by atoms with Crippen LogP contribution in [0.25, 0.3) is 0 Å². The quantitative estimate of drug-likeness (QED) is 0.921. The molecule has 2 heterocycles. The van der Waals surface area contributed by atoms with Crippen molar-refractivity contribution in [1.29, 1.82) is 0 Å².